The largest absolute Gasteiger partial charge is 0.494 e. The Morgan fingerprint density at radius 2 is 2.29 bits per heavy atom. The maximum atomic E-state index is 8.48. The molecular weight excluding hydrogens is 180 g/mol. The lowest BCUT2D eigenvalue weighted by molar-refractivity contribution is 0.318. The highest BCUT2D eigenvalue weighted by Crippen LogP contribution is 2.18. The van der Waals surface area contributed by atoms with E-state index in [-0.39, 0.29) is 5.84 Å². The summed E-state index contributed by atoms with van der Waals surface area (Å²) in [4.78, 5) is 0. The Morgan fingerprint density at radius 3 is 2.79 bits per heavy atom. The Balaban J connectivity index is 3.00. The lowest BCUT2D eigenvalue weighted by Crippen LogP contribution is -2.13. The predicted molar refractivity (Wildman–Crippen MR) is 54.9 cm³/mol. The number of benzene rings is 1. The van der Waals surface area contributed by atoms with Gasteiger partial charge in [0.25, 0.3) is 0 Å². The molecule has 0 atom stereocenters. The number of nitrogens with zero attached hydrogens (tertiary/aromatic N) is 1. The highest BCUT2D eigenvalue weighted by molar-refractivity contribution is 5.97. The van der Waals surface area contributed by atoms with Crippen LogP contribution in [0.4, 0.5) is 0 Å². The quantitative estimate of drug-likeness (QED) is 0.331. The van der Waals surface area contributed by atoms with Gasteiger partial charge in [-0.25, -0.2) is 0 Å². The van der Waals surface area contributed by atoms with Crippen LogP contribution in [-0.4, -0.2) is 17.6 Å². The van der Waals surface area contributed by atoms with Crippen LogP contribution in [0.15, 0.2) is 23.4 Å². The molecule has 76 valence electrons. The Morgan fingerprint density at radius 1 is 1.57 bits per heavy atom. The topological polar surface area (TPSA) is 67.8 Å². The summed E-state index contributed by atoms with van der Waals surface area (Å²) in [6.07, 6.45) is 0. The zero-order valence-electron chi connectivity index (χ0n) is 8.32. The normalized spacial score (nSPS) is 11.4. The van der Waals surface area contributed by atoms with Crippen molar-refractivity contribution in [3.63, 3.8) is 0 Å². The first-order valence-corrected chi connectivity index (χ1v) is 4.40. The van der Waals surface area contributed by atoms with Crippen molar-refractivity contribution >= 4 is 5.84 Å². The van der Waals surface area contributed by atoms with Crippen molar-refractivity contribution < 1.29 is 9.94 Å². The van der Waals surface area contributed by atoms with E-state index in [4.69, 9.17) is 15.7 Å². The fourth-order valence-electron chi connectivity index (χ4n) is 1.18. The van der Waals surface area contributed by atoms with Gasteiger partial charge in [-0.05, 0) is 37.6 Å². The average molecular weight is 194 g/mol. The molecule has 0 heterocycles. The molecule has 0 saturated heterocycles. The molecule has 1 aromatic rings. The minimum atomic E-state index is 0.108. The Bertz CT molecular complexity index is 348. The molecule has 0 radical (unpaired) electrons. The molecule has 0 aliphatic carbocycles. The first-order valence-electron chi connectivity index (χ1n) is 4.40. The Hall–Kier alpha value is -1.71. The zero-order chi connectivity index (χ0) is 10.6. The molecule has 14 heavy (non-hydrogen) atoms. The van der Waals surface area contributed by atoms with Crippen LogP contribution in [0.3, 0.4) is 0 Å². The van der Waals surface area contributed by atoms with Crippen molar-refractivity contribution in [3.8, 4) is 5.75 Å². The molecule has 0 aromatic heterocycles. The Kier molecular flexibility index (Phi) is 3.34. The standard InChI is InChI=1S/C10H14N2O2/c1-3-14-9-5-4-8(6-7(9)2)10(11)12-13/h4-6,13H,3H2,1-2H3,(H2,11,12). The summed E-state index contributed by atoms with van der Waals surface area (Å²) in [6, 6.07) is 5.39. The van der Waals surface area contributed by atoms with E-state index in [0.29, 0.717) is 12.2 Å². The number of aryl methyl sites for hydroxylation is 1. The van der Waals surface area contributed by atoms with Gasteiger partial charge in [0.1, 0.15) is 5.75 Å². The molecule has 0 aliphatic rings. The second-order valence-electron chi connectivity index (χ2n) is 2.90. The maximum absolute atomic E-state index is 8.48. The molecule has 0 saturated carbocycles. The molecule has 0 aliphatic heterocycles. The van der Waals surface area contributed by atoms with E-state index >= 15 is 0 Å². The third-order valence-corrected chi connectivity index (χ3v) is 1.88. The number of oxime groups is 1. The number of hydrogen-bond donors (Lipinski definition) is 2. The van der Waals surface area contributed by atoms with Crippen molar-refractivity contribution in [2.45, 2.75) is 13.8 Å². The van der Waals surface area contributed by atoms with Gasteiger partial charge in [0.2, 0.25) is 0 Å². The van der Waals surface area contributed by atoms with Crippen molar-refractivity contribution in [1.29, 1.82) is 0 Å². The van der Waals surface area contributed by atoms with Crippen LogP contribution in [0.2, 0.25) is 0 Å². The summed E-state index contributed by atoms with van der Waals surface area (Å²) in [5.41, 5.74) is 7.10. The molecular formula is C10H14N2O2. The van der Waals surface area contributed by atoms with Gasteiger partial charge in [0.05, 0.1) is 6.61 Å². The van der Waals surface area contributed by atoms with Gasteiger partial charge >= 0.3 is 0 Å². The minimum absolute atomic E-state index is 0.108. The van der Waals surface area contributed by atoms with Crippen molar-refractivity contribution in [3.05, 3.63) is 29.3 Å². The van der Waals surface area contributed by atoms with Gasteiger partial charge < -0.3 is 15.7 Å². The van der Waals surface area contributed by atoms with E-state index in [0.717, 1.165) is 11.3 Å². The van der Waals surface area contributed by atoms with Crippen LogP contribution in [0.25, 0.3) is 0 Å². The van der Waals surface area contributed by atoms with Gasteiger partial charge in [0.15, 0.2) is 5.84 Å². The van der Waals surface area contributed by atoms with Crippen LogP contribution >= 0.6 is 0 Å². The number of hydrogen-bond acceptors (Lipinski definition) is 3. The second-order valence-corrected chi connectivity index (χ2v) is 2.90. The zero-order valence-corrected chi connectivity index (χ0v) is 8.32. The summed E-state index contributed by atoms with van der Waals surface area (Å²) < 4.78 is 5.36. The molecule has 0 spiro atoms. The third kappa shape index (κ3) is 2.16. The summed E-state index contributed by atoms with van der Waals surface area (Å²) in [5.74, 6) is 0.929. The highest BCUT2D eigenvalue weighted by Gasteiger charge is 2.03. The van der Waals surface area contributed by atoms with Crippen LogP contribution in [-0.2, 0) is 0 Å². The molecule has 1 rings (SSSR count). The van der Waals surface area contributed by atoms with Crippen LogP contribution in [0.1, 0.15) is 18.1 Å². The van der Waals surface area contributed by atoms with E-state index in [2.05, 4.69) is 5.16 Å². The van der Waals surface area contributed by atoms with Crippen LogP contribution < -0.4 is 10.5 Å². The van der Waals surface area contributed by atoms with E-state index in [1.54, 1.807) is 6.07 Å². The summed E-state index contributed by atoms with van der Waals surface area (Å²) in [6.45, 7) is 4.47. The molecule has 3 N–H and O–H groups in total. The van der Waals surface area contributed by atoms with Crippen molar-refractivity contribution in [1.82, 2.24) is 0 Å². The second kappa shape index (κ2) is 4.50. The summed E-state index contributed by atoms with van der Waals surface area (Å²) >= 11 is 0. The molecule has 1 aromatic carbocycles. The Labute approximate surface area is 83.0 Å². The molecule has 4 nitrogen and oxygen atoms in total. The SMILES string of the molecule is CCOc1ccc(/C(N)=N/O)cc1C. The first-order chi connectivity index (χ1) is 6.69. The van der Waals surface area contributed by atoms with Crippen molar-refractivity contribution in [2.75, 3.05) is 6.61 Å². The van der Waals surface area contributed by atoms with E-state index in [1.807, 2.05) is 26.0 Å². The smallest absolute Gasteiger partial charge is 0.170 e. The van der Waals surface area contributed by atoms with Gasteiger partial charge in [-0.15, -0.1) is 0 Å². The van der Waals surface area contributed by atoms with E-state index in [1.165, 1.54) is 0 Å². The average Bonchev–Trinajstić information content (AvgIpc) is 2.20. The maximum Gasteiger partial charge on any atom is 0.170 e. The monoisotopic (exact) mass is 194 g/mol. The summed E-state index contributed by atoms with van der Waals surface area (Å²) in [5, 5.41) is 11.4. The van der Waals surface area contributed by atoms with Crippen molar-refractivity contribution in [2.24, 2.45) is 10.9 Å². The van der Waals surface area contributed by atoms with Gasteiger partial charge in [-0.3, -0.25) is 0 Å². The lowest BCUT2D eigenvalue weighted by Gasteiger charge is -2.07. The summed E-state index contributed by atoms with van der Waals surface area (Å²) in [7, 11) is 0. The number of ether oxygens (including phenoxy) is 1. The number of nitrogens with two attached hydrogens (primary N) is 1. The van der Waals surface area contributed by atoms with E-state index in [9.17, 15) is 0 Å². The highest BCUT2D eigenvalue weighted by atomic mass is 16.5. The van der Waals surface area contributed by atoms with Gasteiger partial charge in [-0.1, -0.05) is 5.16 Å². The fraction of sp³-hybridized carbons (Fsp3) is 0.300. The van der Waals surface area contributed by atoms with Gasteiger partial charge in [0, 0.05) is 5.56 Å². The fourth-order valence-corrected chi connectivity index (χ4v) is 1.18. The first kappa shape index (κ1) is 10.4. The van der Waals surface area contributed by atoms with E-state index < -0.39 is 0 Å². The lowest BCUT2D eigenvalue weighted by atomic mass is 10.1. The molecule has 0 unspecified atom stereocenters. The minimum Gasteiger partial charge on any atom is -0.494 e. The third-order valence-electron chi connectivity index (χ3n) is 1.88. The molecule has 0 amide bonds. The molecule has 4 heteroatoms. The van der Waals surface area contributed by atoms with Crippen LogP contribution in [0, 0.1) is 6.92 Å². The molecule has 0 fully saturated rings. The molecule has 0 bridgehead atoms. The van der Waals surface area contributed by atoms with Crippen LogP contribution in [0.5, 0.6) is 5.75 Å². The predicted octanol–water partition coefficient (Wildman–Crippen LogP) is 1.49. The number of rotatable bonds is 3. The van der Waals surface area contributed by atoms with Gasteiger partial charge in [-0.2, -0.15) is 0 Å². The number of amidine groups is 1.